The van der Waals surface area contributed by atoms with Crippen LogP contribution in [0.25, 0.3) is 0 Å². The van der Waals surface area contributed by atoms with E-state index in [1.807, 2.05) is 13.8 Å². The van der Waals surface area contributed by atoms with Crippen LogP contribution in [-0.4, -0.2) is 33.1 Å². The summed E-state index contributed by atoms with van der Waals surface area (Å²) in [4.78, 5) is 22.3. The van der Waals surface area contributed by atoms with Crippen LogP contribution in [0.5, 0.6) is 0 Å². The average molecular weight is 277 g/mol. The van der Waals surface area contributed by atoms with Crippen LogP contribution >= 0.6 is 0 Å². The molecule has 1 fully saturated rings. The van der Waals surface area contributed by atoms with Crippen molar-refractivity contribution in [2.24, 2.45) is 0 Å². The molecule has 20 heavy (non-hydrogen) atoms. The summed E-state index contributed by atoms with van der Waals surface area (Å²) in [6.45, 7) is 8.20. The molecule has 1 N–H and O–H groups in total. The molecule has 1 aromatic heterocycles. The van der Waals surface area contributed by atoms with Gasteiger partial charge in [0.1, 0.15) is 5.82 Å². The molecule has 1 saturated heterocycles. The third kappa shape index (κ3) is 2.76. The number of carbonyl (C=O) groups is 1. The summed E-state index contributed by atoms with van der Waals surface area (Å²) in [6, 6.07) is 0.649. The lowest BCUT2D eigenvalue weighted by atomic mass is 9.96. The average Bonchev–Trinajstić information content (AvgIpc) is 2.38. The van der Waals surface area contributed by atoms with Crippen molar-refractivity contribution in [3.05, 3.63) is 17.7 Å². The van der Waals surface area contributed by atoms with Crippen molar-refractivity contribution in [2.45, 2.75) is 65.0 Å². The van der Waals surface area contributed by atoms with E-state index in [0.29, 0.717) is 23.6 Å². The maximum Gasteiger partial charge on any atom is 0.356 e. The van der Waals surface area contributed by atoms with E-state index in [-0.39, 0.29) is 11.6 Å². The number of nitrogens with zero attached hydrogens (tertiary/aromatic N) is 3. The number of rotatable bonds is 3. The van der Waals surface area contributed by atoms with E-state index in [1.165, 1.54) is 6.42 Å². The molecule has 0 spiro atoms. The minimum atomic E-state index is -0.978. The Labute approximate surface area is 120 Å². The lowest BCUT2D eigenvalue weighted by Crippen LogP contribution is -2.44. The number of piperidine rings is 1. The van der Waals surface area contributed by atoms with E-state index in [0.717, 1.165) is 12.8 Å². The fraction of sp³-hybridized carbons (Fsp3) is 0.667. The number of carboxylic acids is 1. The Morgan fingerprint density at radius 1 is 1.35 bits per heavy atom. The molecule has 1 aliphatic rings. The first-order chi connectivity index (χ1) is 9.41. The molecule has 1 aliphatic heterocycles. The molecule has 0 unspecified atom stereocenters. The Morgan fingerprint density at radius 2 is 1.95 bits per heavy atom. The summed E-state index contributed by atoms with van der Waals surface area (Å²) in [5, 5.41) is 9.46. The van der Waals surface area contributed by atoms with Gasteiger partial charge in [-0.15, -0.1) is 0 Å². The fourth-order valence-corrected chi connectivity index (χ4v) is 2.91. The van der Waals surface area contributed by atoms with Gasteiger partial charge in [0, 0.05) is 18.0 Å². The highest BCUT2D eigenvalue weighted by Crippen LogP contribution is 2.31. The third-order valence-electron chi connectivity index (χ3n) is 3.98. The highest BCUT2D eigenvalue weighted by atomic mass is 16.4. The molecule has 2 heterocycles. The van der Waals surface area contributed by atoms with Crippen LogP contribution in [-0.2, 0) is 0 Å². The van der Waals surface area contributed by atoms with Gasteiger partial charge in [0.05, 0.1) is 11.9 Å². The van der Waals surface area contributed by atoms with Gasteiger partial charge in [-0.1, -0.05) is 13.8 Å². The maximum absolute atomic E-state index is 11.5. The first kappa shape index (κ1) is 14.8. The fourth-order valence-electron chi connectivity index (χ4n) is 2.91. The van der Waals surface area contributed by atoms with Crippen LogP contribution in [0.3, 0.4) is 0 Å². The summed E-state index contributed by atoms with van der Waals surface area (Å²) >= 11 is 0. The quantitative estimate of drug-likeness (QED) is 0.919. The Hall–Kier alpha value is -1.65. The predicted molar refractivity (Wildman–Crippen MR) is 78.3 cm³/mol. The minimum absolute atomic E-state index is 0.123. The number of aromatic nitrogens is 2. The lowest BCUT2D eigenvalue weighted by molar-refractivity contribution is 0.0690. The summed E-state index contributed by atoms with van der Waals surface area (Å²) in [6.07, 6.45) is 5.03. The zero-order valence-electron chi connectivity index (χ0n) is 12.6. The maximum atomic E-state index is 11.5. The Balaban J connectivity index is 2.47. The molecule has 0 radical (unpaired) electrons. The summed E-state index contributed by atoms with van der Waals surface area (Å²) < 4.78 is 0. The normalized spacial score (nSPS) is 23.1. The summed E-state index contributed by atoms with van der Waals surface area (Å²) in [7, 11) is 0. The highest BCUT2D eigenvalue weighted by molar-refractivity contribution is 5.92. The smallest absolute Gasteiger partial charge is 0.356 e. The number of hydrogen-bond donors (Lipinski definition) is 1. The SMILES string of the molecule is CC(C)c1ncc(N2[C@H](C)CCC[C@@H]2C)c(C(=O)O)n1. The number of aromatic carboxylic acids is 1. The predicted octanol–water partition coefficient (Wildman–Crippen LogP) is 3.07. The van der Waals surface area contributed by atoms with E-state index in [2.05, 4.69) is 28.7 Å². The monoisotopic (exact) mass is 277 g/mol. The number of anilines is 1. The molecule has 0 saturated carbocycles. The molecular weight excluding hydrogens is 254 g/mol. The molecule has 1 aromatic rings. The second-order valence-electron chi connectivity index (χ2n) is 5.96. The van der Waals surface area contributed by atoms with Crippen molar-refractivity contribution < 1.29 is 9.90 Å². The largest absolute Gasteiger partial charge is 0.476 e. The Kier molecular flexibility index (Phi) is 4.26. The highest BCUT2D eigenvalue weighted by Gasteiger charge is 2.29. The first-order valence-electron chi connectivity index (χ1n) is 7.30. The van der Waals surface area contributed by atoms with Crippen molar-refractivity contribution in [3.63, 3.8) is 0 Å². The van der Waals surface area contributed by atoms with Gasteiger partial charge in [-0.2, -0.15) is 0 Å². The first-order valence-corrected chi connectivity index (χ1v) is 7.30. The molecule has 5 nitrogen and oxygen atoms in total. The van der Waals surface area contributed by atoms with Gasteiger partial charge in [-0.25, -0.2) is 14.8 Å². The third-order valence-corrected chi connectivity index (χ3v) is 3.98. The van der Waals surface area contributed by atoms with Gasteiger partial charge in [0.25, 0.3) is 0 Å². The second kappa shape index (κ2) is 5.77. The lowest BCUT2D eigenvalue weighted by Gasteiger charge is -2.41. The minimum Gasteiger partial charge on any atom is -0.476 e. The summed E-state index contributed by atoms with van der Waals surface area (Å²) in [5.41, 5.74) is 0.783. The standard InChI is InChI=1S/C15H23N3O2/c1-9(2)14-16-8-12(13(17-14)15(19)20)18-10(3)6-5-7-11(18)4/h8-11H,5-7H2,1-4H3,(H,19,20)/t10-,11+. The van der Waals surface area contributed by atoms with Crippen LogP contribution in [0.4, 0.5) is 5.69 Å². The zero-order valence-corrected chi connectivity index (χ0v) is 12.6. The van der Waals surface area contributed by atoms with Crippen LogP contribution in [0.1, 0.15) is 69.2 Å². The van der Waals surface area contributed by atoms with E-state index in [4.69, 9.17) is 0 Å². The molecule has 0 aromatic carbocycles. The molecule has 2 atom stereocenters. The molecule has 2 rings (SSSR count). The number of carboxylic acid groups (broad SMARTS) is 1. The molecule has 0 amide bonds. The Bertz CT molecular complexity index is 492. The van der Waals surface area contributed by atoms with E-state index >= 15 is 0 Å². The van der Waals surface area contributed by atoms with Crippen molar-refractivity contribution in [3.8, 4) is 0 Å². The van der Waals surface area contributed by atoms with Crippen molar-refractivity contribution in [1.29, 1.82) is 0 Å². The molecule has 110 valence electrons. The van der Waals surface area contributed by atoms with E-state index in [1.54, 1.807) is 6.20 Å². The van der Waals surface area contributed by atoms with Gasteiger partial charge in [0.2, 0.25) is 0 Å². The van der Waals surface area contributed by atoms with Gasteiger partial charge in [-0.05, 0) is 33.1 Å². The summed E-state index contributed by atoms with van der Waals surface area (Å²) in [5.74, 6) is -0.268. The van der Waals surface area contributed by atoms with Crippen molar-refractivity contribution >= 4 is 11.7 Å². The molecule has 0 aliphatic carbocycles. The van der Waals surface area contributed by atoms with Crippen LogP contribution in [0.2, 0.25) is 0 Å². The van der Waals surface area contributed by atoms with Crippen LogP contribution in [0.15, 0.2) is 6.20 Å². The number of hydrogen-bond acceptors (Lipinski definition) is 4. The van der Waals surface area contributed by atoms with Crippen LogP contribution in [0, 0.1) is 0 Å². The van der Waals surface area contributed by atoms with Crippen molar-refractivity contribution in [1.82, 2.24) is 9.97 Å². The van der Waals surface area contributed by atoms with E-state index < -0.39 is 5.97 Å². The molecule has 5 heteroatoms. The van der Waals surface area contributed by atoms with Gasteiger partial charge in [0.15, 0.2) is 5.69 Å². The Morgan fingerprint density at radius 3 is 2.45 bits per heavy atom. The van der Waals surface area contributed by atoms with E-state index in [9.17, 15) is 9.90 Å². The second-order valence-corrected chi connectivity index (χ2v) is 5.96. The molecular formula is C15H23N3O2. The molecule has 0 bridgehead atoms. The van der Waals surface area contributed by atoms with Gasteiger partial charge >= 0.3 is 5.97 Å². The van der Waals surface area contributed by atoms with Crippen molar-refractivity contribution in [2.75, 3.05) is 4.90 Å². The zero-order chi connectivity index (χ0) is 14.9. The van der Waals surface area contributed by atoms with Crippen LogP contribution < -0.4 is 4.90 Å². The topological polar surface area (TPSA) is 66.3 Å². The van der Waals surface area contributed by atoms with Gasteiger partial charge < -0.3 is 10.0 Å². The van der Waals surface area contributed by atoms with Gasteiger partial charge in [-0.3, -0.25) is 0 Å².